The van der Waals surface area contributed by atoms with Crippen molar-refractivity contribution in [1.82, 2.24) is 4.98 Å². The standard InChI is InChI=1S/C23H31NO4/c1-14(2)7-5-8-15(3)9-6-10-23(4)20(26)12-17-19(25)11-16-18(21(17)28-23)13-24-22(16)27/h7,9,11,13,20,24-27H,5-6,8,10,12H2,1-4H3/t20-,23-/m0/s1. The van der Waals surface area contributed by atoms with E-state index in [4.69, 9.17) is 4.74 Å². The Morgan fingerprint density at radius 3 is 2.68 bits per heavy atom. The van der Waals surface area contributed by atoms with E-state index in [9.17, 15) is 15.3 Å². The highest BCUT2D eigenvalue weighted by Crippen LogP contribution is 2.46. The van der Waals surface area contributed by atoms with Crippen molar-refractivity contribution in [3.63, 3.8) is 0 Å². The molecule has 0 bridgehead atoms. The van der Waals surface area contributed by atoms with Gasteiger partial charge in [-0.25, -0.2) is 0 Å². The molecule has 2 atom stereocenters. The Hall–Kier alpha value is -2.40. The number of hydrogen-bond donors (Lipinski definition) is 4. The lowest BCUT2D eigenvalue weighted by Gasteiger charge is -2.40. The molecular weight excluding hydrogens is 354 g/mol. The van der Waals surface area contributed by atoms with Crippen molar-refractivity contribution in [3.8, 4) is 17.4 Å². The minimum absolute atomic E-state index is 0.000510. The van der Waals surface area contributed by atoms with E-state index in [1.807, 2.05) is 6.92 Å². The zero-order valence-corrected chi connectivity index (χ0v) is 17.2. The Bertz CT molecular complexity index is 920. The number of nitrogens with one attached hydrogen (secondary N) is 1. The third kappa shape index (κ3) is 4.04. The predicted molar refractivity (Wildman–Crippen MR) is 112 cm³/mol. The topological polar surface area (TPSA) is 85.7 Å². The number of aromatic hydroxyl groups is 2. The number of aliphatic hydroxyl groups is 1. The van der Waals surface area contributed by atoms with Gasteiger partial charge in [-0.1, -0.05) is 23.3 Å². The van der Waals surface area contributed by atoms with E-state index >= 15 is 0 Å². The average molecular weight is 386 g/mol. The monoisotopic (exact) mass is 385 g/mol. The lowest BCUT2D eigenvalue weighted by molar-refractivity contribution is -0.0581. The van der Waals surface area contributed by atoms with Crippen LogP contribution >= 0.6 is 0 Å². The Balaban J connectivity index is 1.76. The second-order valence-electron chi connectivity index (χ2n) is 8.35. The summed E-state index contributed by atoms with van der Waals surface area (Å²) in [5, 5.41) is 32.2. The van der Waals surface area contributed by atoms with Crippen LogP contribution in [0.4, 0.5) is 0 Å². The van der Waals surface area contributed by atoms with Gasteiger partial charge in [-0.2, -0.15) is 0 Å². The number of aromatic nitrogens is 1. The number of phenols is 1. The summed E-state index contributed by atoms with van der Waals surface area (Å²) < 4.78 is 6.25. The molecule has 1 aromatic heterocycles. The van der Waals surface area contributed by atoms with Crippen LogP contribution in [-0.4, -0.2) is 32.0 Å². The minimum atomic E-state index is -0.753. The van der Waals surface area contributed by atoms with Crippen molar-refractivity contribution in [2.24, 2.45) is 0 Å². The van der Waals surface area contributed by atoms with Gasteiger partial charge in [0.2, 0.25) is 0 Å². The number of ether oxygens (including phenoxy) is 1. The highest BCUT2D eigenvalue weighted by atomic mass is 16.5. The number of H-pyrrole nitrogens is 1. The van der Waals surface area contributed by atoms with Gasteiger partial charge in [0.15, 0.2) is 5.88 Å². The lowest BCUT2D eigenvalue weighted by Crippen LogP contribution is -2.48. The zero-order chi connectivity index (χ0) is 20.5. The summed E-state index contributed by atoms with van der Waals surface area (Å²) in [4.78, 5) is 2.77. The summed E-state index contributed by atoms with van der Waals surface area (Å²) in [5.74, 6) is 0.580. The maximum atomic E-state index is 10.7. The van der Waals surface area contributed by atoms with Gasteiger partial charge in [-0.05, 0) is 59.4 Å². The van der Waals surface area contributed by atoms with Gasteiger partial charge >= 0.3 is 0 Å². The molecule has 5 heteroatoms. The van der Waals surface area contributed by atoms with Crippen LogP contribution in [0.3, 0.4) is 0 Å². The quantitative estimate of drug-likeness (QED) is 0.521. The fourth-order valence-electron chi connectivity index (χ4n) is 3.80. The fraction of sp³-hybridized carbons (Fsp3) is 0.478. The second kappa shape index (κ2) is 7.92. The third-order valence-corrected chi connectivity index (χ3v) is 5.67. The first-order chi connectivity index (χ1) is 13.2. The van der Waals surface area contributed by atoms with E-state index < -0.39 is 11.7 Å². The van der Waals surface area contributed by atoms with Crippen molar-refractivity contribution >= 4 is 10.8 Å². The zero-order valence-electron chi connectivity index (χ0n) is 17.2. The van der Waals surface area contributed by atoms with Crippen LogP contribution in [0.1, 0.15) is 58.9 Å². The molecule has 0 spiro atoms. The molecule has 2 aromatic rings. The molecule has 1 aliphatic heterocycles. The van der Waals surface area contributed by atoms with E-state index in [0.29, 0.717) is 29.5 Å². The summed E-state index contributed by atoms with van der Waals surface area (Å²) in [6, 6.07) is 1.51. The highest BCUT2D eigenvalue weighted by molar-refractivity contribution is 5.95. The maximum absolute atomic E-state index is 10.7. The first-order valence-corrected chi connectivity index (χ1v) is 9.92. The largest absolute Gasteiger partial charge is 0.508 e. The molecule has 0 unspecified atom stereocenters. The fourth-order valence-corrected chi connectivity index (χ4v) is 3.80. The van der Waals surface area contributed by atoms with Gasteiger partial charge in [0.25, 0.3) is 0 Å². The number of aromatic amines is 1. The third-order valence-electron chi connectivity index (χ3n) is 5.67. The molecule has 2 heterocycles. The van der Waals surface area contributed by atoms with Crippen LogP contribution in [0.25, 0.3) is 10.8 Å². The molecule has 4 N–H and O–H groups in total. The van der Waals surface area contributed by atoms with Crippen molar-refractivity contribution in [3.05, 3.63) is 41.1 Å². The SMILES string of the molecule is CC(C)=CCCC(C)=CCC[C@]1(C)Oc2c(c(O)cc3c(O)[nH]cc23)C[C@@H]1O. The van der Waals surface area contributed by atoms with Gasteiger partial charge in [0.1, 0.15) is 17.1 Å². The number of phenolic OH excluding ortho intramolecular Hbond substituents is 1. The van der Waals surface area contributed by atoms with Crippen LogP contribution in [0.2, 0.25) is 0 Å². The molecule has 0 fully saturated rings. The molecule has 152 valence electrons. The molecular formula is C23H31NO4. The Morgan fingerprint density at radius 2 is 1.96 bits per heavy atom. The van der Waals surface area contributed by atoms with Crippen molar-refractivity contribution in [2.45, 2.75) is 71.5 Å². The maximum Gasteiger partial charge on any atom is 0.196 e. The van der Waals surface area contributed by atoms with Gasteiger partial charge in [0, 0.05) is 23.6 Å². The summed E-state index contributed by atoms with van der Waals surface area (Å²) in [6.45, 7) is 8.27. The van der Waals surface area contributed by atoms with Crippen LogP contribution in [0.15, 0.2) is 35.6 Å². The van der Waals surface area contributed by atoms with E-state index in [1.165, 1.54) is 17.2 Å². The molecule has 28 heavy (non-hydrogen) atoms. The Kier molecular flexibility index (Phi) is 5.75. The summed E-state index contributed by atoms with van der Waals surface area (Å²) >= 11 is 0. The summed E-state index contributed by atoms with van der Waals surface area (Å²) in [6.07, 6.45) is 9.30. The van der Waals surface area contributed by atoms with Crippen LogP contribution < -0.4 is 4.74 Å². The Labute approximate surface area is 166 Å². The first-order valence-electron chi connectivity index (χ1n) is 9.92. The van der Waals surface area contributed by atoms with Crippen LogP contribution in [-0.2, 0) is 6.42 Å². The van der Waals surface area contributed by atoms with Crippen molar-refractivity contribution < 1.29 is 20.1 Å². The molecule has 0 saturated heterocycles. The van der Waals surface area contributed by atoms with E-state index in [-0.39, 0.29) is 11.6 Å². The van der Waals surface area contributed by atoms with Crippen molar-refractivity contribution in [1.29, 1.82) is 0 Å². The molecule has 1 aromatic carbocycles. The van der Waals surface area contributed by atoms with E-state index in [0.717, 1.165) is 24.6 Å². The molecule has 0 amide bonds. The van der Waals surface area contributed by atoms with Gasteiger partial charge in [-0.3, -0.25) is 0 Å². The molecule has 5 nitrogen and oxygen atoms in total. The average Bonchev–Trinajstić information content (AvgIpc) is 2.97. The van der Waals surface area contributed by atoms with Gasteiger partial charge in [0.05, 0.1) is 11.5 Å². The van der Waals surface area contributed by atoms with Gasteiger partial charge < -0.3 is 25.0 Å². The highest BCUT2D eigenvalue weighted by Gasteiger charge is 2.41. The Morgan fingerprint density at radius 1 is 1.21 bits per heavy atom. The number of hydrogen-bond acceptors (Lipinski definition) is 4. The smallest absolute Gasteiger partial charge is 0.196 e. The van der Waals surface area contributed by atoms with Crippen LogP contribution in [0, 0.1) is 0 Å². The number of allylic oxidation sites excluding steroid dienone is 4. The molecule has 0 saturated carbocycles. The molecule has 1 aliphatic rings. The van der Waals surface area contributed by atoms with E-state index in [2.05, 4.69) is 37.9 Å². The first kappa shape index (κ1) is 20.3. The molecule has 0 radical (unpaired) electrons. The predicted octanol–water partition coefficient (Wildman–Crippen LogP) is 5.11. The number of benzene rings is 1. The summed E-state index contributed by atoms with van der Waals surface area (Å²) in [7, 11) is 0. The number of aliphatic hydroxyl groups excluding tert-OH is 1. The van der Waals surface area contributed by atoms with E-state index in [1.54, 1.807) is 6.20 Å². The van der Waals surface area contributed by atoms with Crippen LogP contribution in [0.5, 0.6) is 17.4 Å². The number of fused-ring (bicyclic) bond motifs is 3. The lowest BCUT2D eigenvalue weighted by atomic mass is 9.84. The minimum Gasteiger partial charge on any atom is -0.508 e. The summed E-state index contributed by atoms with van der Waals surface area (Å²) in [5.41, 5.74) is 2.51. The number of rotatable bonds is 6. The van der Waals surface area contributed by atoms with Crippen molar-refractivity contribution in [2.75, 3.05) is 0 Å². The second-order valence-corrected chi connectivity index (χ2v) is 8.35. The molecule has 3 rings (SSSR count). The normalized spacial score (nSPS) is 22.0. The molecule has 0 aliphatic carbocycles. The van der Waals surface area contributed by atoms with Gasteiger partial charge in [-0.15, -0.1) is 0 Å².